The van der Waals surface area contributed by atoms with Crippen molar-refractivity contribution in [2.45, 2.75) is 0 Å². The number of halogens is 2. The molecule has 3 nitrogen and oxygen atoms in total. The van der Waals surface area contributed by atoms with Crippen molar-refractivity contribution in [3.63, 3.8) is 0 Å². The Bertz CT molecular complexity index is 315. The first-order valence-electron chi connectivity index (χ1n) is 3.28. The van der Waals surface area contributed by atoms with E-state index in [9.17, 15) is 4.79 Å². The van der Waals surface area contributed by atoms with Gasteiger partial charge in [-0.1, -0.05) is 11.6 Å². The highest BCUT2D eigenvalue weighted by Gasteiger charge is 2.08. The van der Waals surface area contributed by atoms with Crippen LogP contribution in [0.15, 0.2) is 18.2 Å². The van der Waals surface area contributed by atoms with Crippen molar-refractivity contribution >= 4 is 29.9 Å². The van der Waals surface area contributed by atoms with Crippen LogP contribution in [0.3, 0.4) is 0 Å². The Morgan fingerprint density at radius 2 is 2.15 bits per heavy atom. The van der Waals surface area contributed by atoms with Gasteiger partial charge < -0.3 is 10.5 Å². The van der Waals surface area contributed by atoms with Crippen LogP contribution in [-0.2, 0) is 0 Å². The molecule has 0 spiro atoms. The predicted molar refractivity (Wildman–Crippen MR) is 53.8 cm³/mol. The van der Waals surface area contributed by atoms with Crippen LogP contribution in [0.4, 0.5) is 0 Å². The van der Waals surface area contributed by atoms with Crippen LogP contribution in [-0.4, -0.2) is 13.0 Å². The molecular formula is C8H9Cl2NO2. The SMILES string of the molecule is COc1ccc(Cl)cc1C(N)=O.Cl. The van der Waals surface area contributed by atoms with Crippen molar-refractivity contribution in [2.75, 3.05) is 7.11 Å². The van der Waals surface area contributed by atoms with Gasteiger partial charge in [0.2, 0.25) is 0 Å². The van der Waals surface area contributed by atoms with E-state index in [2.05, 4.69) is 0 Å². The Hall–Kier alpha value is -0.930. The third kappa shape index (κ3) is 2.79. The van der Waals surface area contributed by atoms with E-state index in [0.717, 1.165) is 0 Å². The summed E-state index contributed by atoms with van der Waals surface area (Å²) in [4.78, 5) is 10.8. The van der Waals surface area contributed by atoms with Gasteiger partial charge in [0.05, 0.1) is 12.7 Å². The predicted octanol–water partition coefficient (Wildman–Crippen LogP) is 1.87. The summed E-state index contributed by atoms with van der Waals surface area (Å²) in [6, 6.07) is 4.71. The number of carbonyl (C=O) groups excluding carboxylic acids is 1. The highest BCUT2D eigenvalue weighted by atomic mass is 35.5. The molecule has 1 aromatic rings. The average molecular weight is 222 g/mol. The molecule has 1 amide bonds. The quantitative estimate of drug-likeness (QED) is 0.830. The topological polar surface area (TPSA) is 52.3 Å². The number of benzene rings is 1. The Morgan fingerprint density at radius 3 is 2.62 bits per heavy atom. The number of primary amides is 1. The zero-order valence-electron chi connectivity index (χ0n) is 6.91. The summed E-state index contributed by atoms with van der Waals surface area (Å²) in [6.07, 6.45) is 0. The molecular weight excluding hydrogens is 213 g/mol. The molecule has 2 N–H and O–H groups in total. The maximum absolute atomic E-state index is 10.8. The second-order valence-corrected chi connectivity index (χ2v) is 2.65. The fourth-order valence-corrected chi connectivity index (χ4v) is 1.04. The Labute approximate surface area is 87.2 Å². The van der Waals surface area contributed by atoms with Gasteiger partial charge in [-0.05, 0) is 18.2 Å². The van der Waals surface area contributed by atoms with Gasteiger partial charge in [-0.3, -0.25) is 4.79 Å². The highest BCUT2D eigenvalue weighted by molar-refractivity contribution is 6.31. The van der Waals surface area contributed by atoms with E-state index >= 15 is 0 Å². The number of methoxy groups -OCH3 is 1. The first-order chi connectivity index (χ1) is 5.65. The maximum atomic E-state index is 10.8. The standard InChI is InChI=1S/C8H8ClNO2.ClH/c1-12-7-3-2-5(9)4-6(7)8(10)11;/h2-4H,1H3,(H2,10,11);1H. The van der Waals surface area contributed by atoms with Crippen LogP contribution < -0.4 is 10.5 Å². The highest BCUT2D eigenvalue weighted by Crippen LogP contribution is 2.21. The average Bonchev–Trinajstić information content (AvgIpc) is 2.04. The van der Waals surface area contributed by atoms with Crippen LogP contribution in [0.2, 0.25) is 5.02 Å². The van der Waals surface area contributed by atoms with Crippen molar-refractivity contribution in [2.24, 2.45) is 5.73 Å². The smallest absolute Gasteiger partial charge is 0.252 e. The summed E-state index contributed by atoms with van der Waals surface area (Å²) in [5.41, 5.74) is 5.38. The van der Waals surface area contributed by atoms with Crippen molar-refractivity contribution in [3.05, 3.63) is 28.8 Å². The number of rotatable bonds is 2. The number of hydrogen-bond donors (Lipinski definition) is 1. The van der Waals surface area contributed by atoms with E-state index in [0.29, 0.717) is 16.3 Å². The number of amides is 1. The van der Waals surface area contributed by atoms with Gasteiger partial charge >= 0.3 is 0 Å². The van der Waals surface area contributed by atoms with E-state index in [1.165, 1.54) is 13.2 Å². The lowest BCUT2D eigenvalue weighted by molar-refractivity contribution is 0.0997. The van der Waals surface area contributed by atoms with Crippen molar-refractivity contribution in [3.8, 4) is 5.75 Å². The molecule has 0 radical (unpaired) electrons. The van der Waals surface area contributed by atoms with Crippen LogP contribution in [0.1, 0.15) is 10.4 Å². The van der Waals surface area contributed by atoms with Crippen LogP contribution >= 0.6 is 24.0 Å². The summed E-state index contributed by atoms with van der Waals surface area (Å²) < 4.78 is 4.90. The monoisotopic (exact) mass is 221 g/mol. The first-order valence-corrected chi connectivity index (χ1v) is 3.66. The third-order valence-electron chi connectivity index (χ3n) is 1.43. The van der Waals surface area contributed by atoms with Crippen molar-refractivity contribution in [1.82, 2.24) is 0 Å². The van der Waals surface area contributed by atoms with E-state index < -0.39 is 5.91 Å². The van der Waals surface area contributed by atoms with Crippen LogP contribution in [0.25, 0.3) is 0 Å². The van der Waals surface area contributed by atoms with E-state index in [-0.39, 0.29) is 12.4 Å². The molecule has 13 heavy (non-hydrogen) atoms. The second kappa shape index (κ2) is 4.94. The summed E-state index contributed by atoms with van der Waals surface area (Å²) in [5.74, 6) is -0.110. The van der Waals surface area contributed by atoms with E-state index in [1.54, 1.807) is 12.1 Å². The molecule has 5 heteroatoms. The molecule has 0 heterocycles. The summed E-state index contributed by atoms with van der Waals surface area (Å²) >= 11 is 5.65. The Balaban J connectivity index is 0.00000144. The molecule has 0 aliphatic rings. The van der Waals surface area contributed by atoms with Gasteiger partial charge in [-0.25, -0.2) is 0 Å². The van der Waals surface area contributed by atoms with Gasteiger partial charge in [0, 0.05) is 5.02 Å². The molecule has 0 aliphatic heterocycles. The normalized spacial score (nSPS) is 8.77. The number of ether oxygens (including phenoxy) is 1. The molecule has 0 atom stereocenters. The second-order valence-electron chi connectivity index (χ2n) is 2.21. The molecule has 1 aromatic carbocycles. The fourth-order valence-electron chi connectivity index (χ4n) is 0.873. The van der Waals surface area contributed by atoms with Crippen molar-refractivity contribution < 1.29 is 9.53 Å². The lowest BCUT2D eigenvalue weighted by Gasteiger charge is -2.04. The molecule has 72 valence electrons. The van der Waals surface area contributed by atoms with E-state index in [1.807, 2.05) is 0 Å². The van der Waals surface area contributed by atoms with Crippen LogP contribution in [0, 0.1) is 0 Å². The van der Waals surface area contributed by atoms with Gasteiger partial charge in [0.15, 0.2) is 0 Å². The molecule has 0 bridgehead atoms. The van der Waals surface area contributed by atoms with Gasteiger partial charge in [-0.15, -0.1) is 12.4 Å². The number of nitrogens with two attached hydrogens (primary N) is 1. The molecule has 0 fully saturated rings. The van der Waals surface area contributed by atoms with Crippen LogP contribution in [0.5, 0.6) is 5.75 Å². The number of hydrogen-bond acceptors (Lipinski definition) is 2. The van der Waals surface area contributed by atoms with Crippen molar-refractivity contribution in [1.29, 1.82) is 0 Å². The molecule has 0 aliphatic carbocycles. The minimum Gasteiger partial charge on any atom is -0.496 e. The van der Waals surface area contributed by atoms with Gasteiger partial charge in [-0.2, -0.15) is 0 Å². The molecule has 0 unspecified atom stereocenters. The number of carbonyl (C=O) groups is 1. The lowest BCUT2D eigenvalue weighted by Crippen LogP contribution is -2.12. The molecule has 0 saturated heterocycles. The van der Waals surface area contributed by atoms with Gasteiger partial charge in [0.25, 0.3) is 5.91 Å². The summed E-state index contributed by atoms with van der Waals surface area (Å²) in [5, 5.41) is 0.463. The minimum atomic E-state index is -0.547. The summed E-state index contributed by atoms with van der Waals surface area (Å²) in [7, 11) is 1.47. The lowest BCUT2D eigenvalue weighted by atomic mass is 10.2. The Morgan fingerprint density at radius 1 is 1.54 bits per heavy atom. The first kappa shape index (κ1) is 12.1. The molecule has 0 saturated carbocycles. The minimum absolute atomic E-state index is 0. The maximum Gasteiger partial charge on any atom is 0.252 e. The molecule has 1 rings (SSSR count). The van der Waals surface area contributed by atoms with E-state index in [4.69, 9.17) is 22.1 Å². The zero-order valence-corrected chi connectivity index (χ0v) is 8.48. The Kier molecular flexibility index (Phi) is 4.59. The third-order valence-corrected chi connectivity index (χ3v) is 1.66. The largest absolute Gasteiger partial charge is 0.496 e. The zero-order chi connectivity index (χ0) is 9.14. The summed E-state index contributed by atoms with van der Waals surface area (Å²) in [6.45, 7) is 0. The fraction of sp³-hybridized carbons (Fsp3) is 0.125. The van der Waals surface area contributed by atoms with Gasteiger partial charge in [0.1, 0.15) is 5.75 Å². The molecule has 0 aromatic heterocycles.